The lowest BCUT2D eigenvalue weighted by Crippen LogP contribution is -2.13. The summed E-state index contributed by atoms with van der Waals surface area (Å²) in [4.78, 5) is 19.8. The monoisotopic (exact) mass is 182 g/mol. The second-order valence-electron chi connectivity index (χ2n) is 3.12. The summed E-state index contributed by atoms with van der Waals surface area (Å²) in [6.45, 7) is 0. The summed E-state index contributed by atoms with van der Waals surface area (Å²) in [6, 6.07) is 0. The Kier molecular flexibility index (Phi) is 1.45. The molecule has 68 valence electrons. The molecule has 0 saturated heterocycles. The maximum atomic E-state index is 10.5. The first kappa shape index (κ1) is 7.90. The van der Waals surface area contributed by atoms with Gasteiger partial charge in [0.1, 0.15) is 0 Å². The van der Waals surface area contributed by atoms with Gasteiger partial charge in [0.15, 0.2) is 0 Å². The van der Waals surface area contributed by atoms with Gasteiger partial charge in [-0.1, -0.05) is 12.2 Å². The van der Waals surface area contributed by atoms with Crippen molar-refractivity contribution in [1.82, 2.24) is 0 Å². The lowest BCUT2D eigenvalue weighted by molar-refractivity contribution is -0.475. The number of nitrogens with zero attached hydrogens (tertiary/aromatic N) is 2. The van der Waals surface area contributed by atoms with Crippen molar-refractivity contribution in [3.63, 3.8) is 0 Å². The molecule has 0 aromatic carbocycles. The zero-order valence-corrected chi connectivity index (χ0v) is 6.54. The van der Waals surface area contributed by atoms with Crippen LogP contribution in [0.2, 0.25) is 0 Å². The summed E-state index contributed by atoms with van der Waals surface area (Å²) in [6.07, 6.45) is 3.85. The number of fused-ring (bicyclic) bond motifs is 2. The van der Waals surface area contributed by atoms with Gasteiger partial charge in [0.05, 0.1) is 21.7 Å². The summed E-state index contributed by atoms with van der Waals surface area (Å²) in [5.41, 5.74) is -0.449. The maximum absolute atomic E-state index is 10.5. The van der Waals surface area contributed by atoms with E-state index in [1.807, 2.05) is 0 Å². The predicted octanol–water partition coefficient (Wildman–Crippen LogP) is 0.957. The smallest absolute Gasteiger partial charge is 0.258 e. The van der Waals surface area contributed by atoms with Gasteiger partial charge in [-0.25, -0.2) is 0 Å². The second kappa shape index (κ2) is 2.38. The molecule has 6 nitrogen and oxygen atoms in total. The van der Waals surface area contributed by atoms with Gasteiger partial charge in [-0.15, -0.1) is 0 Å². The molecular formula is C7H6N2O4. The van der Waals surface area contributed by atoms with Gasteiger partial charge in [0.2, 0.25) is 0 Å². The highest BCUT2D eigenvalue weighted by Gasteiger charge is 2.50. The number of nitro groups is 2. The van der Waals surface area contributed by atoms with Crippen molar-refractivity contribution in [3.05, 3.63) is 43.8 Å². The van der Waals surface area contributed by atoms with Crippen molar-refractivity contribution in [1.29, 1.82) is 0 Å². The van der Waals surface area contributed by atoms with Crippen LogP contribution in [-0.4, -0.2) is 9.85 Å². The molecule has 0 aliphatic heterocycles. The summed E-state index contributed by atoms with van der Waals surface area (Å²) < 4.78 is 0. The van der Waals surface area contributed by atoms with Crippen molar-refractivity contribution in [2.75, 3.05) is 0 Å². The molecule has 2 aliphatic carbocycles. The number of hydrogen-bond donors (Lipinski definition) is 0. The van der Waals surface area contributed by atoms with Crippen LogP contribution in [0.25, 0.3) is 0 Å². The van der Waals surface area contributed by atoms with Crippen LogP contribution in [0.5, 0.6) is 0 Å². The number of allylic oxidation sites excluding steroid dienone is 2. The van der Waals surface area contributed by atoms with Crippen molar-refractivity contribution >= 4 is 0 Å². The number of rotatable bonds is 2. The Bertz CT molecular complexity index is 326. The average molecular weight is 182 g/mol. The van der Waals surface area contributed by atoms with Gasteiger partial charge in [-0.2, -0.15) is 0 Å². The van der Waals surface area contributed by atoms with Crippen LogP contribution in [0.1, 0.15) is 6.42 Å². The van der Waals surface area contributed by atoms with E-state index in [9.17, 15) is 20.2 Å². The first-order chi connectivity index (χ1) is 6.11. The fourth-order valence-corrected chi connectivity index (χ4v) is 1.94. The largest absolute Gasteiger partial charge is 0.325 e. The zero-order chi connectivity index (χ0) is 9.59. The minimum absolute atomic E-state index is 0.225. The standard InChI is InChI=1S/C7H6N2O4/c10-8(11)6-4-1-2-5(3-4)7(6)9(12)13/h1-2,4-5H,3H2. The highest BCUT2D eigenvalue weighted by atomic mass is 16.6. The fraction of sp³-hybridized carbons (Fsp3) is 0.429. The minimum atomic E-state index is -0.633. The van der Waals surface area contributed by atoms with Gasteiger partial charge < -0.3 is 0 Å². The van der Waals surface area contributed by atoms with E-state index in [0.717, 1.165) is 0 Å². The molecular weight excluding hydrogens is 176 g/mol. The molecule has 2 atom stereocenters. The lowest BCUT2D eigenvalue weighted by atomic mass is 10.1. The third kappa shape index (κ3) is 0.947. The van der Waals surface area contributed by atoms with Crippen molar-refractivity contribution in [2.45, 2.75) is 6.42 Å². The van der Waals surface area contributed by atoms with Crippen molar-refractivity contribution in [3.8, 4) is 0 Å². The van der Waals surface area contributed by atoms with E-state index >= 15 is 0 Å². The first-order valence-electron chi connectivity index (χ1n) is 3.82. The maximum Gasteiger partial charge on any atom is 0.325 e. The Morgan fingerprint density at radius 2 is 1.46 bits per heavy atom. The molecule has 13 heavy (non-hydrogen) atoms. The molecule has 0 spiro atoms. The van der Waals surface area contributed by atoms with Crippen LogP contribution in [0.3, 0.4) is 0 Å². The predicted molar refractivity (Wildman–Crippen MR) is 41.8 cm³/mol. The van der Waals surface area contributed by atoms with Crippen LogP contribution in [0.15, 0.2) is 23.5 Å². The Balaban J connectivity index is 2.48. The van der Waals surface area contributed by atoms with Crippen LogP contribution < -0.4 is 0 Å². The third-order valence-electron chi connectivity index (χ3n) is 2.44. The summed E-state index contributed by atoms with van der Waals surface area (Å²) in [5, 5.41) is 21.0. The van der Waals surface area contributed by atoms with Gasteiger partial charge in [0, 0.05) is 0 Å². The van der Waals surface area contributed by atoms with Gasteiger partial charge in [-0.05, 0) is 6.42 Å². The molecule has 6 heteroatoms. The Morgan fingerprint density at radius 1 is 1.08 bits per heavy atom. The first-order valence-corrected chi connectivity index (χ1v) is 3.82. The van der Waals surface area contributed by atoms with Gasteiger partial charge in [0.25, 0.3) is 0 Å². The molecule has 0 fully saturated rings. The van der Waals surface area contributed by atoms with Crippen LogP contribution in [-0.2, 0) is 0 Å². The average Bonchev–Trinajstić information content (AvgIpc) is 2.60. The molecule has 2 rings (SSSR count). The third-order valence-corrected chi connectivity index (χ3v) is 2.44. The molecule has 0 aromatic rings. The molecule has 2 unspecified atom stereocenters. The highest BCUT2D eigenvalue weighted by molar-refractivity contribution is 5.29. The molecule has 2 bridgehead atoms. The van der Waals surface area contributed by atoms with Crippen molar-refractivity contribution < 1.29 is 9.85 Å². The van der Waals surface area contributed by atoms with E-state index in [0.29, 0.717) is 6.42 Å². The Morgan fingerprint density at radius 3 is 1.77 bits per heavy atom. The van der Waals surface area contributed by atoms with E-state index in [1.165, 1.54) is 0 Å². The van der Waals surface area contributed by atoms with E-state index in [4.69, 9.17) is 0 Å². The number of hydrogen-bond acceptors (Lipinski definition) is 4. The molecule has 0 heterocycles. The van der Waals surface area contributed by atoms with Gasteiger partial charge in [-0.3, -0.25) is 20.2 Å². The van der Waals surface area contributed by atoms with E-state index in [2.05, 4.69) is 0 Å². The molecule has 0 aromatic heterocycles. The molecule has 0 saturated carbocycles. The van der Waals surface area contributed by atoms with Gasteiger partial charge >= 0.3 is 11.4 Å². The van der Waals surface area contributed by atoms with E-state index < -0.39 is 9.85 Å². The molecule has 0 N–H and O–H groups in total. The minimum Gasteiger partial charge on any atom is -0.258 e. The molecule has 0 amide bonds. The lowest BCUT2D eigenvalue weighted by Gasteiger charge is -2.00. The van der Waals surface area contributed by atoms with E-state index in [1.54, 1.807) is 12.2 Å². The molecule has 2 aliphatic rings. The van der Waals surface area contributed by atoms with E-state index in [-0.39, 0.29) is 23.2 Å². The van der Waals surface area contributed by atoms with Crippen LogP contribution in [0, 0.1) is 32.1 Å². The zero-order valence-electron chi connectivity index (χ0n) is 6.54. The topological polar surface area (TPSA) is 86.3 Å². The quantitative estimate of drug-likeness (QED) is 0.361. The summed E-state index contributed by atoms with van der Waals surface area (Å²) in [5.74, 6) is -0.694. The SMILES string of the molecule is O=[N+]([O-])C1=C([N+](=O)[O-])C2C=CC1C2. The van der Waals surface area contributed by atoms with Crippen molar-refractivity contribution in [2.24, 2.45) is 11.8 Å². The normalized spacial score (nSPS) is 29.8. The Labute approximate surface area is 72.8 Å². The molecule has 0 radical (unpaired) electrons. The Hall–Kier alpha value is -1.72. The van der Waals surface area contributed by atoms with Crippen LogP contribution in [0.4, 0.5) is 0 Å². The summed E-state index contributed by atoms with van der Waals surface area (Å²) in [7, 11) is 0. The highest BCUT2D eigenvalue weighted by Crippen LogP contribution is 2.43. The second-order valence-corrected chi connectivity index (χ2v) is 3.12. The summed E-state index contributed by atoms with van der Waals surface area (Å²) >= 11 is 0. The fourth-order valence-electron chi connectivity index (χ4n) is 1.94. The van der Waals surface area contributed by atoms with Crippen LogP contribution >= 0.6 is 0 Å².